The summed E-state index contributed by atoms with van der Waals surface area (Å²) in [6.07, 6.45) is -0.490. The second-order valence-corrected chi connectivity index (χ2v) is 8.08. The normalized spacial score (nSPS) is 11.1. The van der Waals surface area contributed by atoms with Crippen LogP contribution in [0.4, 0.5) is 4.79 Å². The van der Waals surface area contributed by atoms with E-state index in [-0.39, 0.29) is 12.4 Å². The van der Waals surface area contributed by atoms with Crippen LogP contribution in [0.2, 0.25) is 5.02 Å². The smallest absolute Gasteiger partial charge is 0.407 e. The zero-order valence-electron chi connectivity index (χ0n) is 15.2. The SMILES string of the molecule is CC(=O)c1ccc(-c2cccc(OCCNC(=O)OC(C)(C)C)c2Cl)s1. The molecule has 1 N–H and O–H groups in total. The van der Waals surface area contributed by atoms with Gasteiger partial charge in [0, 0.05) is 10.4 Å². The van der Waals surface area contributed by atoms with Gasteiger partial charge in [-0.1, -0.05) is 23.7 Å². The first-order valence-electron chi connectivity index (χ1n) is 8.16. The first-order valence-corrected chi connectivity index (χ1v) is 9.36. The van der Waals surface area contributed by atoms with Crippen molar-refractivity contribution in [2.24, 2.45) is 0 Å². The third kappa shape index (κ3) is 5.75. The summed E-state index contributed by atoms with van der Waals surface area (Å²) < 4.78 is 10.8. The van der Waals surface area contributed by atoms with E-state index >= 15 is 0 Å². The topological polar surface area (TPSA) is 64.6 Å². The Balaban J connectivity index is 1.96. The van der Waals surface area contributed by atoms with Gasteiger partial charge >= 0.3 is 6.09 Å². The molecule has 0 spiro atoms. The predicted octanol–water partition coefficient (Wildman–Crippen LogP) is 5.17. The van der Waals surface area contributed by atoms with Crippen molar-refractivity contribution in [3.63, 3.8) is 0 Å². The predicted molar refractivity (Wildman–Crippen MR) is 105 cm³/mol. The molecule has 0 atom stereocenters. The van der Waals surface area contributed by atoms with Crippen molar-refractivity contribution in [2.75, 3.05) is 13.2 Å². The summed E-state index contributed by atoms with van der Waals surface area (Å²) in [5.41, 5.74) is 0.268. The molecule has 7 heteroatoms. The molecule has 0 aliphatic heterocycles. The van der Waals surface area contributed by atoms with Gasteiger partial charge in [0.05, 0.1) is 16.4 Å². The van der Waals surface area contributed by atoms with Gasteiger partial charge < -0.3 is 14.8 Å². The zero-order chi connectivity index (χ0) is 19.3. The number of ketones is 1. The third-order valence-electron chi connectivity index (χ3n) is 3.21. The molecule has 1 heterocycles. The molecule has 5 nitrogen and oxygen atoms in total. The summed E-state index contributed by atoms with van der Waals surface area (Å²) >= 11 is 7.84. The Morgan fingerprint density at radius 3 is 2.54 bits per heavy atom. The monoisotopic (exact) mass is 395 g/mol. The summed E-state index contributed by atoms with van der Waals surface area (Å²) in [4.78, 5) is 24.6. The molecule has 0 fully saturated rings. The van der Waals surface area contributed by atoms with E-state index < -0.39 is 11.7 Å². The highest BCUT2D eigenvalue weighted by atomic mass is 35.5. The Morgan fingerprint density at radius 1 is 1.19 bits per heavy atom. The van der Waals surface area contributed by atoms with Gasteiger partial charge in [0.15, 0.2) is 5.78 Å². The standard InChI is InChI=1S/C19H22ClNO4S/c1-12(22)15-8-9-16(26-15)13-6-5-7-14(17(13)20)24-11-10-21-18(23)25-19(2,3)4/h5-9H,10-11H2,1-4H3,(H,21,23). The molecule has 0 aliphatic rings. The Labute approximate surface area is 162 Å². The third-order valence-corrected chi connectivity index (χ3v) is 4.82. The van der Waals surface area contributed by atoms with Crippen molar-refractivity contribution in [3.8, 4) is 16.2 Å². The average Bonchev–Trinajstić information content (AvgIpc) is 3.01. The van der Waals surface area contributed by atoms with Crippen LogP contribution in [0.15, 0.2) is 30.3 Å². The first-order chi connectivity index (χ1) is 12.2. The van der Waals surface area contributed by atoms with E-state index in [0.717, 1.165) is 10.4 Å². The molecule has 1 aromatic carbocycles. The Kier molecular flexibility index (Phi) is 6.67. The highest BCUT2D eigenvalue weighted by molar-refractivity contribution is 7.17. The number of rotatable bonds is 6. The van der Waals surface area contributed by atoms with Crippen molar-refractivity contribution in [1.29, 1.82) is 0 Å². The van der Waals surface area contributed by atoms with Crippen molar-refractivity contribution < 1.29 is 19.1 Å². The zero-order valence-corrected chi connectivity index (χ0v) is 16.8. The van der Waals surface area contributed by atoms with Gasteiger partial charge in [0.2, 0.25) is 0 Å². The molecular formula is C19H22ClNO4S. The fraction of sp³-hybridized carbons (Fsp3) is 0.368. The first kappa shape index (κ1) is 20.3. The number of alkyl carbamates (subject to hydrolysis) is 1. The quantitative estimate of drug-likeness (QED) is 0.541. The van der Waals surface area contributed by atoms with Crippen molar-refractivity contribution >= 4 is 34.8 Å². The summed E-state index contributed by atoms with van der Waals surface area (Å²) in [5, 5.41) is 3.10. The van der Waals surface area contributed by atoms with Gasteiger partial charge in [-0.05, 0) is 45.9 Å². The number of nitrogens with one attached hydrogen (secondary N) is 1. The highest BCUT2D eigenvalue weighted by Gasteiger charge is 2.16. The molecule has 2 rings (SSSR count). The molecule has 0 saturated carbocycles. The molecule has 0 bridgehead atoms. The molecule has 0 unspecified atom stereocenters. The number of carbonyl (C=O) groups is 2. The minimum Gasteiger partial charge on any atom is -0.490 e. The number of amides is 1. The second-order valence-electron chi connectivity index (χ2n) is 6.61. The van der Waals surface area contributed by atoms with Crippen LogP contribution in [0.1, 0.15) is 37.4 Å². The Morgan fingerprint density at radius 2 is 1.92 bits per heavy atom. The molecule has 2 aromatic rings. The molecule has 1 aromatic heterocycles. The number of halogens is 1. The summed E-state index contributed by atoms with van der Waals surface area (Å²) in [7, 11) is 0. The maximum absolute atomic E-state index is 11.6. The number of benzene rings is 1. The van der Waals surface area contributed by atoms with E-state index in [1.54, 1.807) is 32.9 Å². The number of hydrogen-bond acceptors (Lipinski definition) is 5. The average molecular weight is 396 g/mol. The number of hydrogen-bond donors (Lipinski definition) is 1. The fourth-order valence-electron chi connectivity index (χ4n) is 2.11. The largest absolute Gasteiger partial charge is 0.490 e. The lowest BCUT2D eigenvalue weighted by atomic mass is 10.2. The van der Waals surface area contributed by atoms with Crippen LogP contribution < -0.4 is 10.1 Å². The van der Waals surface area contributed by atoms with Crippen LogP contribution in [0.5, 0.6) is 5.75 Å². The lowest BCUT2D eigenvalue weighted by Gasteiger charge is -2.19. The van der Waals surface area contributed by atoms with E-state index in [4.69, 9.17) is 21.1 Å². The van der Waals surface area contributed by atoms with Crippen molar-refractivity contribution in [2.45, 2.75) is 33.3 Å². The minimum atomic E-state index is -0.540. The molecule has 140 valence electrons. The van der Waals surface area contributed by atoms with E-state index in [1.165, 1.54) is 18.3 Å². The minimum absolute atomic E-state index is 0.0259. The van der Waals surface area contributed by atoms with Gasteiger partial charge in [-0.15, -0.1) is 11.3 Å². The maximum atomic E-state index is 11.6. The molecule has 1 amide bonds. The van der Waals surface area contributed by atoms with Crippen LogP contribution >= 0.6 is 22.9 Å². The Hall–Kier alpha value is -2.05. The van der Waals surface area contributed by atoms with Crippen molar-refractivity contribution in [1.82, 2.24) is 5.32 Å². The van der Waals surface area contributed by atoms with Gasteiger partial charge in [-0.25, -0.2) is 4.79 Å². The number of carbonyl (C=O) groups excluding carboxylic acids is 2. The highest BCUT2D eigenvalue weighted by Crippen LogP contribution is 2.38. The summed E-state index contributed by atoms with van der Waals surface area (Å²) in [6.45, 7) is 7.49. The van der Waals surface area contributed by atoms with Crippen LogP contribution in [-0.4, -0.2) is 30.6 Å². The Bertz CT molecular complexity index is 795. The van der Waals surface area contributed by atoms with Gasteiger partial charge in [-0.3, -0.25) is 4.79 Å². The van der Waals surface area contributed by atoms with Crippen LogP contribution in [0.3, 0.4) is 0 Å². The molecule has 0 saturated heterocycles. The number of ether oxygens (including phenoxy) is 2. The van der Waals surface area contributed by atoms with Gasteiger partial charge in [0.25, 0.3) is 0 Å². The maximum Gasteiger partial charge on any atom is 0.407 e. The van der Waals surface area contributed by atoms with E-state index in [9.17, 15) is 9.59 Å². The summed E-state index contributed by atoms with van der Waals surface area (Å²) in [5.74, 6) is 0.547. The number of thiophene rings is 1. The second kappa shape index (κ2) is 8.56. The molecule has 26 heavy (non-hydrogen) atoms. The molecular weight excluding hydrogens is 374 g/mol. The van der Waals surface area contributed by atoms with Crippen molar-refractivity contribution in [3.05, 3.63) is 40.2 Å². The van der Waals surface area contributed by atoms with Gasteiger partial charge in [0.1, 0.15) is 18.0 Å². The lowest BCUT2D eigenvalue weighted by Crippen LogP contribution is -2.34. The molecule has 0 aliphatic carbocycles. The van der Waals surface area contributed by atoms with E-state index in [1.807, 2.05) is 18.2 Å². The van der Waals surface area contributed by atoms with Crippen LogP contribution in [0.25, 0.3) is 10.4 Å². The fourth-order valence-corrected chi connectivity index (χ4v) is 3.38. The van der Waals surface area contributed by atoms with E-state index in [2.05, 4.69) is 5.32 Å². The van der Waals surface area contributed by atoms with Gasteiger partial charge in [-0.2, -0.15) is 0 Å². The van der Waals surface area contributed by atoms with Crippen LogP contribution in [-0.2, 0) is 4.74 Å². The lowest BCUT2D eigenvalue weighted by molar-refractivity contribution is 0.0520. The molecule has 0 radical (unpaired) electrons. The van der Waals surface area contributed by atoms with E-state index in [0.29, 0.717) is 22.2 Å². The number of Topliss-reactive ketones (excluding diaryl/α,β-unsaturated/α-hetero) is 1. The van der Waals surface area contributed by atoms with Crippen LogP contribution in [0, 0.1) is 0 Å². The summed E-state index contributed by atoms with van der Waals surface area (Å²) in [6, 6.07) is 9.14.